The van der Waals surface area contributed by atoms with Crippen LogP contribution in [0.15, 0.2) is 36.4 Å². The SMILES string of the molecule is NNC(=O)c1cc2c(cc1O)-c1ccccc1C2. The summed E-state index contributed by atoms with van der Waals surface area (Å²) in [5.74, 6) is 4.56. The van der Waals surface area contributed by atoms with Crippen molar-refractivity contribution >= 4 is 5.91 Å². The number of carbonyl (C=O) groups excluding carboxylic acids is 1. The standard InChI is InChI=1S/C14H12N2O2/c15-16-14(18)12-6-9-5-8-3-1-2-4-10(8)11(9)7-13(12)17/h1-4,6-7,17H,5,15H2,(H,16,18). The van der Waals surface area contributed by atoms with Gasteiger partial charge in [-0.15, -0.1) is 0 Å². The van der Waals surface area contributed by atoms with E-state index in [0.29, 0.717) is 0 Å². The van der Waals surface area contributed by atoms with Gasteiger partial charge in [-0.3, -0.25) is 10.2 Å². The van der Waals surface area contributed by atoms with Crippen LogP contribution in [0.3, 0.4) is 0 Å². The number of hydrogen-bond donors (Lipinski definition) is 3. The largest absolute Gasteiger partial charge is 0.507 e. The van der Waals surface area contributed by atoms with Crippen molar-refractivity contribution < 1.29 is 9.90 Å². The van der Waals surface area contributed by atoms with Gasteiger partial charge in [0, 0.05) is 0 Å². The first kappa shape index (κ1) is 10.8. The predicted molar refractivity (Wildman–Crippen MR) is 68.0 cm³/mol. The zero-order valence-corrected chi connectivity index (χ0v) is 9.60. The van der Waals surface area contributed by atoms with E-state index in [1.807, 2.05) is 23.6 Å². The van der Waals surface area contributed by atoms with Crippen LogP contribution in [0.4, 0.5) is 0 Å². The maximum atomic E-state index is 11.5. The molecule has 0 heterocycles. The zero-order chi connectivity index (χ0) is 12.7. The fourth-order valence-corrected chi connectivity index (χ4v) is 2.43. The number of fused-ring (bicyclic) bond motifs is 3. The first-order valence-electron chi connectivity index (χ1n) is 5.66. The third-order valence-electron chi connectivity index (χ3n) is 3.29. The molecule has 0 aromatic heterocycles. The molecule has 0 saturated heterocycles. The van der Waals surface area contributed by atoms with Crippen LogP contribution in [-0.4, -0.2) is 11.0 Å². The minimum atomic E-state index is -0.480. The van der Waals surface area contributed by atoms with Gasteiger partial charge in [0.1, 0.15) is 5.75 Å². The van der Waals surface area contributed by atoms with Crippen molar-refractivity contribution in [2.75, 3.05) is 0 Å². The van der Waals surface area contributed by atoms with Gasteiger partial charge in [-0.1, -0.05) is 24.3 Å². The summed E-state index contributed by atoms with van der Waals surface area (Å²) in [5.41, 5.74) is 6.58. The number of rotatable bonds is 1. The molecule has 0 radical (unpaired) electrons. The number of aromatic hydroxyl groups is 1. The molecule has 1 aliphatic carbocycles. The molecule has 4 N–H and O–H groups in total. The molecule has 1 aliphatic rings. The van der Waals surface area contributed by atoms with Crippen molar-refractivity contribution in [1.29, 1.82) is 0 Å². The van der Waals surface area contributed by atoms with Crippen LogP contribution in [0.25, 0.3) is 11.1 Å². The lowest BCUT2D eigenvalue weighted by atomic mass is 10.0. The normalized spacial score (nSPS) is 11.8. The summed E-state index contributed by atoms with van der Waals surface area (Å²) in [6, 6.07) is 11.3. The van der Waals surface area contributed by atoms with Crippen LogP contribution in [0.2, 0.25) is 0 Å². The third-order valence-corrected chi connectivity index (χ3v) is 3.29. The number of nitrogens with one attached hydrogen (secondary N) is 1. The minimum absolute atomic E-state index is 0.0478. The number of hydrazine groups is 1. The number of carbonyl (C=O) groups is 1. The summed E-state index contributed by atoms with van der Waals surface area (Å²) in [6.45, 7) is 0. The number of amides is 1. The van der Waals surface area contributed by atoms with Gasteiger partial charge in [-0.05, 0) is 40.8 Å². The lowest BCUT2D eigenvalue weighted by Crippen LogP contribution is -2.30. The molecule has 18 heavy (non-hydrogen) atoms. The summed E-state index contributed by atoms with van der Waals surface area (Å²) in [7, 11) is 0. The summed E-state index contributed by atoms with van der Waals surface area (Å²) >= 11 is 0. The molecule has 0 aliphatic heterocycles. The molecule has 0 fully saturated rings. The number of phenols is 1. The Kier molecular flexibility index (Phi) is 2.31. The Balaban J connectivity index is 2.17. The Bertz CT molecular complexity index is 650. The maximum Gasteiger partial charge on any atom is 0.268 e. The molecule has 0 unspecified atom stereocenters. The zero-order valence-electron chi connectivity index (χ0n) is 9.60. The number of hydrogen-bond acceptors (Lipinski definition) is 3. The highest BCUT2D eigenvalue weighted by Gasteiger charge is 2.21. The number of nitrogen functional groups attached to an aromatic ring is 1. The van der Waals surface area contributed by atoms with Gasteiger partial charge < -0.3 is 5.11 Å². The molecule has 0 spiro atoms. The topological polar surface area (TPSA) is 75.3 Å². The highest BCUT2D eigenvalue weighted by Crippen LogP contribution is 2.39. The Labute approximate surface area is 104 Å². The van der Waals surface area contributed by atoms with Crippen LogP contribution >= 0.6 is 0 Å². The van der Waals surface area contributed by atoms with Gasteiger partial charge >= 0.3 is 0 Å². The van der Waals surface area contributed by atoms with E-state index >= 15 is 0 Å². The highest BCUT2D eigenvalue weighted by molar-refractivity contribution is 5.98. The highest BCUT2D eigenvalue weighted by atomic mass is 16.3. The van der Waals surface area contributed by atoms with Gasteiger partial charge in [-0.25, -0.2) is 5.84 Å². The van der Waals surface area contributed by atoms with E-state index in [0.717, 1.165) is 23.1 Å². The molecule has 0 bridgehead atoms. The van der Waals surface area contributed by atoms with E-state index in [2.05, 4.69) is 6.07 Å². The molecular formula is C14H12N2O2. The fourth-order valence-electron chi connectivity index (χ4n) is 2.43. The molecule has 0 saturated carbocycles. The Hall–Kier alpha value is -2.33. The van der Waals surface area contributed by atoms with Crippen LogP contribution in [-0.2, 0) is 6.42 Å². The second-order valence-corrected chi connectivity index (χ2v) is 4.33. The van der Waals surface area contributed by atoms with Gasteiger partial charge in [0.25, 0.3) is 5.91 Å². The van der Waals surface area contributed by atoms with E-state index in [4.69, 9.17) is 5.84 Å². The Morgan fingerprint density at radius 1 is 1.17 bits per heavy atom. The van der Waals surface area contributed by atoms with Gasteiger partial charge in [0.2, 0.25) is 0 Å². The molecule has 4 heteroatoms. The van der Waals surface area contributed by atoms with Crippen molar-refractivity contribution in [2.45, 2.75) is 6.42 Å². The molecule has 3 rings (SSSR count). The number of nitrogens with two attached hydrogens (primary N) is 1. The van der Waals surface area contributed by atoms with Crippen molar-refractivity contribution in [3.63, 3.8) is 0 Å². The van der Waals surface area contributed by atoms with E-state index in [1.165, 1.54) is 5.56 Å². The molecule has 1 amide bonds. The summed E-state index contributed by atoms with van der Waals surface area (Å²) < 4.78 is 0. The molecule has 0 atom stereocenters. The molecule has 4 nitrogen and oxygen atoms in total. The summed E-state index contributed by atoms with van der Waals surface area (Å²) in [4.78, 5) is 11.5. The van der Waals surface area contributed by atoms with Crippen molar-refractivity contribution in [2.24, 2.45) is 5.84 Å². The van der Waals surface area contributed by atoms with E-state index < -0.39 is 5.91 Å². The summed E-state index contributed by atoms with van der Waals surface area (Å²) in [5, 5.41) is 9.89. The summed E-state index contributed by atoms with van der Waals surface area (Å²) in [6.07, 6.45) is 0.774. The van der Waals surface area contributed by atoms with E-state index in [9.17, 15) is 9.90 Å². The first-order valence-corrected chi connectivity index (χ1v) is 5.66. The average Bonchev–Trinajstić information content (AvgIpc) is 2.75. The third kappa shape index (κ3) is 1.47. The van der Waals surface area contributed by atoms with Crippen LogP contribution in [0, 0.1) is 0 Å². The molecule has 90 valence electrons. The van der Waals surface area contributed by atoms with Crippen molar-refractivity contribution in [3.05, 3.63) is 53.1 Å². The second-order valence-electron chi connectivity index (χ2n) is 4.33. The van der Waals surface area contributed by atoms with Crippen LogP contribution < -0.4 is 11.3 Å². The molecule has 2 aromatic rings. The second kappa shape index (κ2) is 3.85. The molecular weight excluding hydrogens is 228 g/mol. The first-order chi connectivity index (χ1) is 8.70. The Morgan fingerprint density at radius 2 is 1.94 bits per heavy atom. The maximum absolute atomic E-state index is 11.5. The quantitative estimate of drug-likeness (QED) is 0.343. The van der Waals surface area contributed by atoms with Crippen molar-refractivity contribution in [1.82, 2.24) is 5.43 Å². The van der Waals surface area contributed by atoms with Crippen LogP contribution in [0.1, 0.15) is 21.5 Å². The fraction of sp³-hybridized carbons (Fsp3) is 0.0714. The Morgan fingerprint density at radius 3 is 2.72 bits per heavy atom. The average molecular weight is 240 g/mol. The lowest BCUT2D eigenvalue weighted by molar-refractivity contribution is 0.0951. The van der Waals surface area contributed by atoms with Crippen LogP contribution in [0.5, 0.6) is 5.75 Å². The van der Waals surface area contributed by atoms with Gasteiger partial charge in [0.05, 0.1) is 5.56 Å². The van der Waals surface area contributed by atoms with E-state index in [1.54, 1.807) is 12.1 Å². The lowest BCUT2D eigenvalue weighted by Gasteiger charge is -2.07. The van der Waals surface area contributed by atoms with Crippen molar-refractivity contribution in [3.8, 4) is 16.9 Å². The predicted octanol–water partition coefficient (Wildman–Crippen LogP) is 1.57. The number of benzene rings is 2. The van der Waals surface area contributed by atoms with Gasteiger partial charge in [-0.2, -0.15) is 0 Å². The monoisotopic (exact) mass is 240 g/mol. The number of phenolic OH excluding ortho intramolecular Hbond substituents is 1. The molecule has 2 aromatic carbocycles. The van der Waals surface area contributed by atoms with Gasteiger partial charge in [0.15, 0.2) is 0 Å². The smallest absolute Gasteiger partial charge is 0.268 e. The van der Waals surface area contributed by atoms with E-state index in [-0.39, 0.29) is 11.3 Å². The minimum Gasteiger partial charge on any atom is -0.507 e.